The molecule has 3 N–H and O–H groups in total. The SMILES string of the molecule is CC(=O)c1c(C)[nH]c(C(=O)[C@H](C)OC(=O)c2ccc([N+](=O)[O-])cc2N)c1C. The minimum Gasteiger partial charge on any atom is -0.451 e. The van der Waals surface area contributed by atoms with Gasteiger partial charge in [-0.25, -0.2) is 4.79 Å². The molecule has 1 aromatic heterocycles. The minimum atomic E-state index is -1.15. The van der Waals surface area contributed by atoms with Gasteiger partial charge in [0.1, 0.15) is 0 Å². The van der Waals surface area contributed by atoms with Crippen molar-refractivity contribution in [1.82, 2.24) is 4.98 Å². The Labute approximate surface area is 154 Å². The van der Waals surface area contributed by atoms with E-state index in [0.717, 1.165) is 12.1 Å². The molecule has 27 heavy (non-hydrogen) atoms. The molecular weight excluding hydrogens is 354 g/mol. The molecule has 0 fully saturated rings. The van der Waals surface area contributed by atoms with Crippen LogP contribution in [-0.2, 0) is 4.74 Å². The highest BCUT2D eigenvalue weighted by Crippen LogP contribution is 2.23. The lowest BCUT2D eigenvalue weighted by molar-refractivity contribution is -0.384. The van der Waals surface area contributed by atoms with Crippen LogP contribution in [0.25, 0.3) is 0 Å². The second-order valence-corrected chi connectivity index (χ2v) is 6.12. The normalized spacial score (nSPS) is 11.7. The predicted octanol–water partition coefficient (Wildman–Crippen LogP) is 2.75. The zero-order valence-corrected chi connectivity index (χ0v) is 15.3. The van der Waals surface area contributed by atoms with Gasteiger partial charge in [-0.3, -0.25) is 19.7 Å². The molecule has 9 nitrogen and oxygen atoms in total. The summed E-state index contributed by atoms with van der Waals surface area (Å²) < 4.78 is 5.16. The van der Waals surface area contributed by atoms with Crippen LogP contribution in [0.3, 0.4) is 0 Å². The van der Waals surface area contributed by atoms with Crippen LogP contribution in [-0.4, -0.2) is 33.5 Å². The number of non-ortho nitro benzene ring substituents is 1. The second kappa shape index (κ2) is 7.40. The number of hydrogen-bond acceptors (Lipinski definition) is 7. The van der Waals surface area contributed by atoms with Crippen molar-refractivity contribution in [1.29, 1.82) is 0 Å². The van der Waals surface area contributed by atoms with E-state index < -0.39 is 22.8 Å². The predicted molar refractivity (Wildman–Crippen MR) is 97.0 cm³/mol. The number of ketones is 2. The third kappa shape index (κ3) is 3.86. The number of hydrogen-bond donors (Lipinski definition) is 2. The number of ether oxygens (including phenoxy) is 1. The number of anilines is 1. The van der Waals surface area contributed by atoms with Gasteiger partial charge in [0.05, 0.1) is 21.9 Å². The number of benzene rings is 1. The fourth-order valence-electron chi connectivity index (χ4n) is 2.85. The Morgan fingerprint density at radius 1 is 1.26 bits per heavy atom. The molecule has 9 heteroatoms. The fraction of sp³-hybridized carbons (Fsp3) is 0.278. The number of esters is 1. The average molecular weight is 373 g/mol. The van der Waals surface area contributed by atoms with Gasteiger partial charge >= 0.3 is 5.97 Å². The number of nitrogens with one attached hydrogen (secondary N) is 1. The van der Waals surface area contributed by atoms with Gasteiger partial charge in [-0.1, -0.05) is 0 Å². The first kappa shape index (κ1) is 19.8. The van der Waals surface area contributed by atoms with Crippen LogP contribution in [0.15, 0.2) is 18.2 Å². The molecule has 0 amide bonds. The zero-order valence-electron chi connectivity index (χ0n) is 15.3. The van der Waals surface area contributed by atoms with E-state index in [1.165, 1.54) is 19.9 Å². The fourth-order valence-corrected chi connectivity index (χ4v) is 2.85. The van der Waals surface area contributed by atoms with E-state index in [0.29, 0.717) is 16.8 Å². The van der Waals surface area contributed by atoms with Crippen LogP contribution in [0.4, 0.5) is 11.4 Å². The van der Waals surface area contributed by atoms with E-state index in [-0.39, 0.29) is 28.4 Å². The van der Waals surface area contributed by atoms with Gasteiger partial charge in [0.2, 0.25) is 5.78 Å². The molecule has 1 aromatic carbocycles. The first-order valence-corrected chi connectivity index (χ1v) is 8.03. The van der Waals surface area contributed by atoms with E-state index in [9.17, 15) is 24.5 Å². The van der Waals surface area contributed by atoms with Gasteiger partial charge < -0.3 is 15.5 Å². The van der Waals surface area contributed by atoms with Crippen molar-refractivity contribution < 1.29 is 24.0 Å². The number of nitrogens with zero attached hydrogens (tertiary/aromatic N) is 1. The molecule has 0 saturated carbocycles. The molecule has 0 spiro atoms. The molecule has 0 aliphatic heterocycles. The number of aromatic amines is 1. The summed E-state index contributed by atoms with van der Waals surface area (Å²) in [6.45, 7) is 6.11. The topological polar surface area (TPSA) is 145 Å². The van der Waals surface area contributed by atoms with Gasteiger partial charge in [-0.15, -0.1) is 0 Å². The van der Waals surface area contributed by atoms with Crippen LogP contribution in [0.5, 0.6) is 0 Å². The summed E-state index contributed by atoms with van der Waals surface area (Å²) in [5, 5.41) is 10.7. The molecule has 0 radical (unpaired) electrons. The molecule has 2 rings (SSSR count). The number of nitrogens with two attached hydrogens (primary N) is 1. The Morgan fingerprint density at radius 3 is 2.37 bits per heavy atom. The van der Waals surface area contributed by atoms with Crippen molar-refractivity contribution in [3.05, 3.63) is 56.4 Å². The molecule has 0 bridgehead atoms. The summed E-state index contributed by atoms with van der Waals surface area (Å²) >= 11 is 0. The van der Waals surface area contributed by atoms with Crippen molar-refractivity contribution in [2.24, 2.45) is 0 Å². The molecule has 142 valence electrons. The summed E-state index contributed by atoms with van der Waals surface area (Å²) in [5.74, 6) is -1.56. The third-order valence-electron chi connectivity index (χ3n) is 4.15. The van der Waals surface area contributed by atoms with E-state index in [1.807, 2.05) is 0 Å². The highest BCUT2D eigenvalue weighted by molar-refractivity contribution is 6.06. The number of nitro groups is 1. The van der Waals surface area contributed by atoms with Gasteiger partial charge in [0.25, 0.3) is 5.69 Å². The zero-order chi connectivity index (χ0) is 20.5. The second-order valence-electron chi connectivity index (χ2n) is 6.12. The van der Waals surface area contributed by atoms with E-state index in [2.05, 4.69) is 4.98 Å². The number of Topliss-reactive ketones (excluding diaryl/α,β-unsaturated/α-hetero) is 2. The van der Waals surface area contributed by atoms with Gasteiger partial charge in [0.15, 0.2) is 11.9 Å². The maximum Gasteiger partial charge on any atom is 0.340 e. The molecular formula is C18H19N3O6. The van der Waals surface area contributed by atoms with Crippen LogP contribution in [0.2, 0.25) is 0 Å². The summed E-state index contributed by atoms with van der Waals surface area (Å²) in [4.78, 5) is 49.5. The first-order valence-electron chi connectivity index (χ1n) is 8.03. The van der Waals surface area contributed by atoms with Crippen LogP contribution < -0.4 is 5.73 Å². The monoisotopic (exact) mass is 373 g/mol. The van der Waals surface area contributed by atoms with Gasteiger partial charge in [-0.05, 0) is 39.3 Å². The van der Waals surface area contributed by atoms with Gasteiger partial charge in [-0.2, -0.15) is 0 Å². The van der Waals surface area contributed by atoms with Gasteiger partial charge in [0, 0.05) is 23.4 Å². The van der Waals surface area contributed by atoms with E-state index in [4.69, 9.17) is 10.5 Å². The van der Waals surface area contributed by atoms with Crippen LogP contribution in [0.1, 0.15) is 56.3 Å². The number of nitrogen functional groups attached to an aromatic ring is 1. The van der Waals surface area contributed by atoms with Crippen molar-refractivity contribution in [2.45, 2.75) is 33.8 Å². The number of aromatic nitrogens is 1. The van der Waals surface area contributed by atoms with E-state index >= 15 is 0 Å². The Bertz CT molecular complexity index is 960. The molecule has 1 heterocycles. The molecule has 0 unspecified atom stereocenters. The Morgan fingerprint density at radius 2 is 1.89 bits per heavy atom. The number of rotatable bonds is 6. The molecule has 0 aliphatic rings. The maximum atomic E-state index is 12.6. The highest BCUT2D eigenvalue weighted by atomic mass is 16.6. The number of carbonyl (C=O) groups excluding carboxylic acids is 3. The smallest absolute Gasteiger partial charge is 0.340 e. The Kier molecular flexibility index (Phi) is 5.44. The third-order valence-corrected chi connectivity index (χ3v) is 4.15. The Balaban J connectivity index is 2.22. The number of carbonyl (C=O) groups is 3. The maximum absolute atomic E-state index is 12.6. The largest absolute Gasteiger partial charge is 0.451 e. The molecule has 2 aromatic rings. The lowest BCUT2D eigenvalue weighted by atomic mass is 10.0. The van der Waals surface area contributed by atoms with Crippen molar-refractivity contribution in [3.63, 3.8) is 0 Å². The minimum absolute atomic E-state index is 0.0796. The summed E-state index contributed by atoms with van der Waals surface area (Å²) in [6.07, 6.45) is -1.15. The first-order chi connectivity index (χ1) is 12.5. The summed E-state index contributed by atoms with van der Waals surface area (Å²) in [5.41, 5.74) is 6.87. The molecule has 0 aliphatic carbocycles. The van der Waals surface area contributed by atoms with Crippen LogP contribution in [0, 0.1) is 24.0 Å². The lowest BCUT2D eigenvalue weighted by Gasteiger charge is -2.13. The van der Waals surface area contributed by atoms with Crippen LogP contribution >= 0.6 is 0 Å². The summed E-state index contributed by atoms with van der Waals surface area (Å²) in [6, 6.07) is 3.34. The highest BCUT2D eigenvalue weighted by Gasteiger charge is 2.27. The number of nitro benzene ring substituents is 1. The standard InChI is InChI=1S/C18H19N3O6/c1-8-15(10(3)22)9(2)20-16(8)17(23)11(4)27-18(24)13-6-5-12(21(25)26)7-14(13)19/h5-7,11,20H,19H2,1-4H3/t11-/m0/s1. The number of H-pyrrole nitrogens is 1. The van der Waals surface area contributed by atoms with Crippen molar-refractivity contribution in [3.8, 4) is 0 Å². The summed E-state index contributed by atoms with van der Waals surface area (Å²) in [7, 11) is 0. The van der Waals surface area contributed by atoms with E-state index in [1.54, 1.807) is 13.8 Å². The quantitative estimate of drug-likeness (QED) is 0.260. The van der Waals surface area contributed by atoms with Crippen molar-refractivity contribution in [2.75, 3.05) is 5.73 Å². The van der Waals surface area contributed by atoms with Crippen molar-refractivity contribution >= 4 is 28.9 Å². The number of aryl methyl sites for hydroxylation is 1. The Hall–Kier alpha value is -3.49. The average Bonchev–Trinajstić information content (AvgIpc) is 2.88. The molecule has 0 saturated heterocycles. The molecule has 1 atom stereocenters. The lowest BCUT2D eigenvalue weighted by Crippen LogP contribution is -2.25.